The van der Waals surface area contributed by atoms with Crippen LogP contribution in [0.4, 0.5) is 5.69 Å². The molecule has 21 heavy (non-hydrogen) atoms. The van der Waals surface area contributed by atoms with Gasteiger partial charge in [0.2, 0.25) is 0 Å². The lowest BCUT2D eigenvalue weighted by molar-refractivity contribution is -0.123. The van der Waals surface area contributed by atoms with Crippen molar-refractivity contribution in [2.24, 2.45) is 0 Å². The number of aryl methyl sites for hydroxylation is 1. The molecule has 0 radical (unpaired) electrons. The normalized spacial score (nSPS) is 11.8. The molecular formula is C15H14ClNO3S. The van der Waals surface area contributed by atoms with Crippen LogP contribution in [0.25, 0.3) is 0 Å². The maximum Gasteiger partial charge on any atom is 0.349 e. The minimum atomic E-state index is -0.880. The van der Waals surface area contributed by atoms with E-state index >= 15 is 0 Å². The lowest BCUT2D eigenvalue weighted by atomic mass is 10.3. The second kappa shape index (κ2) is 6.74. The second-order valence-corrected chi connectivity index (χ2v) is 5.83. The number of hydrogen-bond donors (Lipinski definition) is 1. The number of ether oxygens (including phenoxy) is 1. The topological polar surface area (TPSA) is 55.4 Å². The van der Waals surface area contributed by atoms with Crippen molar-refractivity contribution in [1.82, 2.24) is 0 Å². The second-order valence-electron chi connectivity index (χ2n) is 4.48. The van der Waals surface area contributed by atoms with E-state index in [1.165, 1.54) is 18.3 Å². The lowest BCUT2D eigenvalue weighted by Crippen LogP contribution is -2.29. The fraction of sp³-hybridized carbons (Fsp3) is 0.200. The standard InChI is InChI=1S/C15H14ClNO3S/c1-9-7-8-21-13(9)15(19)20-10(2)14(18)17-12-5-3-11(16)4-6-12/h3-8,10H,1-2H3,(H,17,18). The van der Waals surface area contributed by atoms with Crippen LogP contribution in [0.15, 0.2) is 35.7 Å². The molecule has 6 heteroatoms. The molecule has 0 saturated carbocycles. The number of thiophene rings is 1. The molecule has 1 atom stereocenters. The Morgan fingerprint density at radius 1 is 1.24 bits per heavy atom. The fourth-order valence-corrected chi connectivity index (χ4v) is 2.56. The summed E-state index contributed by atoms with van der Waals surface area (Å²) in [6, 6.07) is 8.53. The molecule has 1 amide bonds. The molecule has 0 saturated heterocycles. The van der Waals surface area contributed by atoms with E-state index in [4.69, 9.17) is 16.3 Å². The Bertz CT molecular complexity index is 651. The van der Waals surface area contributed by atoms with Crippen molar-refractivity contribution in [3.8, 4) is 0 Å². The maximum atomic E-state index is 12.0. The van der Waals surface area contributed by atoms with Gasteiger partial charge in [-0.25, -0.2) is 4.79 Å². The maximum absolute atomic E-state index is 12.0. The highest BCUT2D eigenvalue weighted by atomic mass is 35.5. The van der Waals surface area contributed by atoms with Gasteiger partial charge in [-0.05, 0) is 55.1 Å². The van der Waals surface area contributed by atoms with Crippen molar-refractivity contribution in [3.05, 3.63) is 51.2 Å². The van der Waals surface area contributed by atoms with Gasteiger partial charge in [-0.3, -0.25) is 4.79 Å². The first-order chi connectivity index (χ1) is 9.97. The largest absolute Gasteiger partial charge is 0.448 e. The number of esters is 1. The number of anilines is 1. The van der Waals surface area contributed by atoms with E-state index in [2.05, 4.69) is 5.32 Å². The van der Waals surface area contributed by atoms with Crippen molar-refractivity contribution in [3.63, 3.8) is 0 Å². The first kappa shape index (κ1) is 15.5. The zero-order valence-corrected chi connectivity index (χ0v) is 13.1. The predicted octanol–water partition coefficient (Wildman–Crippen LogP) is 3.89. The molecule has 1 aromatic heterocycles. The first-order valence-electron chi connectivity index (χ1n) is 6.29. The summed E-state index contributed by atoms with van der Waals surface area (Å²) >= 11 is 7.07. The molecule has 0 spiro atoms. The van der Waals surface area contributed by atoms with Crippen molar-refractivity contribution >= 4 is 40.5 Å². The van der Waals surface area contributed by atoms with E-state index in [9.17, 15) is 9.59 Å². The quantitative estimate of drug-likeness (QED) is 0.868. The number of carbonyl (C=O) groups is 2. The summed E-state index contributed by atoms with van der Waals surface area (Å²) in [7, 11) is 0. The van der Waals surface area contributed by atoms with Gasteiger partial charge in [0.05, 0.1) is 0 Å². The molecule has 2 aromatic rings. The molecule has 0 fully saturated rings. The molecule has 0 bridgehead atoms. The van der Waals surface area contributed by atoms with Crippen LogP contribution in [0, 0.1) is 6.92 Å². The lowest BCUT2D eigenvalue weighted by Gasteiger charge is -2.13. The van der Waals surface area contributed by atoms with Gasteiger partial charge in [0.25, 0.3) is 5.91 Å². The van der Waals surface area contributed by atoms with E-state index < -0.39 is 12.1 Å². The summed E-state index contributed by atoms with van der Waals surface area (Å²) < 4.78 is 5.17. The summed E-state index contributed by atoms with van der Waals surface area (Å²) in [5.41, 5.74) is 1.44. The van der Waals surface area contributed by atoms with Crippen LogP contribution in [-0.4, -0.2) is 18.0 Å². The third-order valence-corrected chi connectivity index (χ3v) is 4.06. The van der Waals surface area contributed by atoms with Crippen LogP contribution in [0.1, 0.15) is 22.2 Å². The Balaban J connectivity index is 1.95. The van der Waals surface area contributed by atoms with Crippen molar-refractivity contribution in [2.45, 2.75) is 20.0 Å². The molecule has 2 rings (SSSR count). The molecule has 1 unspecified atom stereocenters. The summed E-state index contributed by atoms with van der Waals surface area (Å²) in [5.74, 6) is -0.874. The van der Waals surface area contributed by atoms with E-state index in [0.717, 1.165) is 5.56 Å². The van der Waals surface area contributed by atoms with Crippen LogP contribution < -0.4 is 5.32 Å². The Morgan fingerprint density at radius 2 is 1.90 bits per heavy atom. The number of amides is 1. The Kier molecular flexibility index (Phi) is 4.98. The van der Waals surface area contributed by atoms with Gasteiger partial charge in [-0.15, -0.1) is 11.3 Å². The monoisotopic (exact) mass is 323 g/mol. The van der Waals surface area contributed by atoms with E-state index in [1.807, 2.05) is 18.4 Å². The number of benzene rings is 1. The van der Waals surface area contributed by atoms with E-state index in [-0.39, 0.29) is 5.91 Å². The third-order valence-electron chi connectivity index (χ3n) is 2.81. The van der Waals surface area contributed by atoms with Crippen molar-refractivity contribution in [1.29, 1.82) is 0 Å². The first-order valence-corrected chi connectivity index (χ1v) is 7.54. The van der Waals surface area contributed by atoms with E-state index in [1.54, 1.807) is 24.3 Å². The SMILES string of the molecule is Cc1ccsc1C(=O)OC(C)C(=O)Nc1ccc(Cl)cc1. The Hall–Kier alpha value is -1.85. The molecule has 0 aliphatic carbocycles. The molecule has 1 N–H and O–H groups in total. The van der Waals surface area contributed by atoms with Crippen LogP contribution in [0.3, 0.4) is 0 Å². The summed E-state index contributed by atoms with van der Waals surface area (Å²) in [6.45, 7) is 3.36. The number of nitrogens with one attached hydrogen (secondary N) is 1. The number of rotatable bonds is 4. The third kappa shape index (κ3) is 4.06. The van der Waals surface area contributed by atoms with Gasteiger partial charge in [-0.1, -0.05) is 11.6 Å². The molecule has 110 valence electrons. The Morgan fingerprint density at radius 3 is 2.48 bits per heavy atom. The minimum Gasteiger partial charge on any atom is -0.448 e. The van der Waals surface area contributed by atoms with E-state index in [0.29, 0.717) is 15.6 Å². The summed E-state index contributed by atoms with van der Waals surface area (Å²) in [5, 5.41) is 5.06. The Labute approximate surface area is 131 Å². The molecule has 0 aliphatic rings. The molecule has 0 aliphatic heterocycles. The smallest absolute Gasteiger partial charge is 0.349 e. The molecule has 1 aromatic carbocycles. The van der Waals surface area contributed by atoms with Crippen LogP contribution in [0.2, 0.25) is 5.02 Å². The molecular weight excluding hydrogens is 310 g/mol. The molecule has 4 nitrogen and oxygen atoms in total. The van der Waals surface area contributed by atoms with Gasteiger partial charge in [0.15, 0.2) is 6.10 Å². The van der Waals surface area contributed by atoms with Crippen LogP contribution in [0.5, 0.6) is 0 Å². The van der Waals surface area contributed by atoms with Gasteiger partial charge in [0.1, 0.15) is 4.88 Å². The van der Waals surface area contributed by atoms with Gasteiger partial charge < -0.3 is 10.1 Å². The van der Waals surface area contributed by atoms with Gasteiger partial charge in [-0.2, -0.15) is 0 Å². The molecule has 1 heterocycles. The zero-order valence-electron chi connectivity index (χ0n) is 11.6. The van der Waals surface area contributed by atoms with Gasteiger partial charge >= 0.3 is 5.97 Å². The fourth-order valence-electron chi connectivity index (χ4n) is 1.63. The summed E-state index contributed by atoms with van der Waals surface area (Å²) in [4.78, 5) is 24.4. The van der Waals surface area contributed by atoms with Crippen molar-refractivity contribution in [2.75, 3.05) is 5.32 Å². The van der Waals surface area contributed by atoms with Crippen LogP contribution in [-0.2, 0) is 9.53 Å². The zero-order chi connectivity index (χ0) is 15.4. The highest BCUT2D eigenvalue weighted by molar-refractivity contribution is 7.12. The van der Waals surface area contributed by atoms with Crippen molar-refractivity contribution < 1.29 is 14.3 Å². The average Bonchev–Trinajstić information content (AvgIpc) is 2.87. The number of halogens is 1. The van der Waals surface area contributed by atoms with Gasteiger partial charge in [0, 0.05) is 10.7 Å². The highest BCUT2D eigenvalue weighted by Gasteiger charge is 2.20. The van der Waals surface area contributed by atoms with Crippen LogP contribution >= 0.6 is 22.9 Å². The average molecular weight is 324 g/mol. The minimum absolute atomic E-state index is 0.389. The highest BCUT2D eigenvalue weighted by Crippen LogP contribution is 2.18. The number of carbonyl (C=O) groups excluding carboxylic acids is 2. The summed E-state index contributed by atoms with van der Waals surface area (Å²) in [6.07, 6.45) is -0.880. The predicted molar refractivity (Wildman–Crippen MR) is 84.0 cm³/mol. The number of hydrogen-bond acceptors (Lipinski definition) is 4.